The van der Waals surface area contributed by atoms with E-state index in [2.05, 4.69) is 6.07 Å². The lowest BCUT2D eigenvalue weighted by Crippen LogP contribution is -1.99. The summed E-state index contributed by atoms with van der Waals surface area (Å²) < 4.78 is 1.81. The fraction of sp³-hybridized carbons (Fsp3) is 0.0455. The van der Waals surface area contributed by atoms with Gasteiger partial charge in [-0.05, 0) is 25.1 Å². The molecule has 1 aromatic heterocycles. The number of hydrogen-bond acceptors (Lipinski definition) is 2. The Morgan fingerprint density at radius 3 is 2.08 bits per heavy atom. The van der Waals surface area contributed by atoms with Crippen molar-refractivity contribution in [2.75, 3.05) is 0 Å². The van der Waals surface area contributed by atoms with Gasteiger partial charge in [-0.2, -0.15) is 5.10 Å². The van der Waals surface area contributed by atoms with E-state index in [1.165, 1.54) is 0 Å². The van der Waals surface area contributed by atoms with Gasteiger partial charge in [0.25, 0.3) is 0 Å². The van der Waals surface area contributed by atoms with E-state index in [-0.39, 0.29) is 5.75 Å². The minimum Gasteiger partial charge on any atom is -0.504 e. The van der Waals surface area contributed by atoms with Crippen molar-refractivity contribution in [2.45, 2.75) is 6.92 Å². The second-order valence-corrected chi connectivity index (χ2v) is 6.03. The third kappa shape index (κ3) is 2.81. The summed E-state index contributed by atoms with van der Waals surface area (Å²) in [5.74, 6) is 0.195. The molecule has 1 N–H and O–H groups in total. The molecule has 0 radical (unpaired) electrons. The van der Waals surface area contributed by atoms with Gasteiger partial charge in [0.15, 0.2) is 5.75 Å². The SMILES string of the molecule is Cc1cccc(-c2c(O)c(-c3ccccc3)nn2-c2ccccc2)c1. The molecule has 25 heavy (non-hydrogen) atoms. The lowest BCUT2D eigenvalue weighted by Gasteiger charge is -2.08. The van der Waals surface area contributed by atoms with Crippen LogP contribution in [0.1, 0.15) is 5.56 Å². The highest BCUT2D eigenvalue weighted by Gasteiger charge is 2.21. The Kier molecular flexibility index (Phi) is 3.82. The zero-order valence-electron chi connectivity index (χ0n) is 13.9. The maximum atomic E-state index is 11.0. The van der Waals surface area contributed by atoms with Gasteiger partial charge in [-0.3, -0.25) is 0 Å². The van der Waals surface area contributed by atoms with E-state index in [1.54, 1.807) is 0 Å². The van der Waals surface area contributed by atoms with Gasteiger partial charge in [0.05, 0.1) is 5.69 Å². The van der Waals surface area contributed by atoms with Crippen molar-refractivity contribution in [1.82, 2.24) is 9.78 Å². The van der Waals surface area contributed by atoms with Crippen molar-refractivity contribution in [2.24, 2.45) is 0 Å². The minimum atomic E-state index is 0.195. The second kappa shape index (κ2) is 6.29. The highest BCUT2D eigenvalue weighted by molar-refractivity contribution is 5.79. The van der Waals surface area contributed by atoms with Crippen molar-refractivity contribution in [3.05, 3.63) is 90.5 Å². The summed E-state index contributed by atoms with van der Waals surface area (Å²) in [6, 6.07) is 27.7. The number of para-hydroxylation sites is 1. The second-order valence-electron chi connectivity index (χ2n) is 6.03. The average molecular weight is 326 g/mol. The summed E-state index contributed by atoms with van der Waals surface area (Å²) in [5.41, 5.74) is 5.17. The van der Waals surface area contributed by atoms with Crippen LogP contribution < -0.4 is 0 Å². The van der Waals surface area contributed by atoms with Gasteiger partial charge in [0.2, 0.25) is 0 Å². The van der Waals surface area contributed by atoms with E-state index in [1.807, 2.05) is 90.5 Å². The molecular weight excluding hydrogens is 308 g/mol. The summed E-state index contributed by atoms with van der Waals surface area (Å²) in [6.07, 6.45) is 0. The zero-order valence-corrected chi connectivity index (χ0v) is 13.9. The van der Waals surface area contributed by atoms with E-state index < -0.39 is 0 Å². The molecule has 0 aliphatic heterocycles. The molecule has 1 heterocycles. The Morgan fingerprint density at radius 2 is 1.40 bits per heavy atom. The molecule has 3 aromatic carbocycles. The third-order valence-electron chi connectivity index (χ3n) is 4.20. The number of benzene rings is 3. The van der Waals surface area contributed by atoms with Gasteiger partial charge in [-0.15, -0.1) is 0 Å². The van der Waals surface area contributed by atoms with Gasteiger partial charge >= 0.3 is 0 Å². The summed E-state index contributed by atoms with van der Waals surface area (Å²) in [5, 5.41) is 15.7. The molecular formula is C22H18N2O. The average Bonchev–Trinajstić information content (AvgIpc) is 3.00. The van der Waals surface area contributed by atoms with E-state index >= 15 is 0 Å². The van der Waals surface area contributed by atoms with E-state index in [4.69, 9.17) is 5.10 Å². The van der Waals surface area contributed by atoms with Gasteiger partial charge in [0.1, 0.15) is 11.4 Å². The molecule has 3 nitrogen and oxygen atoms in total. The van der Waals surface area contributed by atoms with Crippen LogP contribution in [0.2, 0.25) is 0 Å². The van der Waals surface area contributed by atoms with Gasteiger partial charge in [-0.1, -0.05) is 72.3 Å². The molecule has 3 heteroatoms. The first kappa shape index (κ1) is 15.2. The smallest absolute Gasteiger partial charge is 0.170 e. The summed E-state index contributed by atoms with van der Waals surface area (Å²) in [7, 11) is 0. The monoisotopic (exact) mass is 326 g/mol. The Bertz CT molecular complexity index is 1000. The van der Waals surface area contributed by atoms with Crippen LogP contribution in [0.3, 0.4) is 0 Å². The van der Waals surface area contributed by atoms with Crippen molar-refractivity contribution >= 4 is 0 Å². The first-order valence-corrected chi connectivity index (χ1v) is 8.24. The Balaban J connectivity index is 1.99. The number of nitrogens with zero attached hydrogens (tertiary/aromatic N) is 2. The quantitative estimate of drug-likeness (QED) is 0.560. The number of aromatic hydroxyl groups is 1. The molecule has 0 aliphatic carbocycles. The van der Waals surface area contributed by atoms with Crippen LogP contribution in [0.25, 0.3) is 28.2 Å². The van der Waals surface area contributed by atoms with E-state index in [0.29, 0.717) is 11.4 Å². The molecule has 0 aliphatic rings. The van der Waals surface area contributed by atoms with E-state index in [0.717, 1.165) is 22.4 Å². The molecule has 4 aromatic rings. The first-order chi connectivity index (χ1) is 12.2. The van der Waals surface area contributed by atoms with Crippen LogP contribution >= 0.6 is 0 Å². The molecule has 0 spiro atoms. The Morgan fingerprint density at radius 1 is 0.760 bits per heavy atom. The highest BCUT2D eigenvalue weighted by Crippen LogP contribution is 2.39. The van der Waals surface area contributed by atoms with Crippen LogP contribution in [-0.4, -0.2) is 14.9 Å². The molecule has 0 bridgehead atoms. The fourth-order valence-corrected chi connectivity index (χ4v) is 3.01. The van der Waals surface area contributed by atoms with E-state index in [9.17, 15) is 5.11 Å². The van der Waals surface area contributed by atoms with Gasteiger partial charge in [0, 0.05) is 11.1 Å². The number of aryl methyl sites for hydroxylation is 1. The third-order valence-corrected chi connectivity index (χ3v) is 4.20. The molecule has 4 rings (SSSR count). The lowest BCUT2D eigenvalue weighted by atomic mass is 10.1. The molecule has 0 saturated heterocycles. The first-order valence-electron chi connectivity index (χ1n) is 8.24. The molecule has 0 unspecified atom stereocenters. The van der Waals surface area contributed by atoms with Crippen LogP contribution in [0.4, 0.5) is 0 Å². The van der Waals surface area contributed by atoms with Crippen molar-refractivity contribution in [1.29, 1.82) is 0 Å². The Labute approximate surface area is 146 Å². The molecule has 0 atom stereocenters. The summed E-state index contributed by atoms with van der Waals surface area (Å²) >= 11 is 0. The number of hydrogen-bond donors (Lipinski definition) is 1. The molecule has 0 amide bonds. The van der Waals surface area contributed by atoms with Crippen molar-refractivity contribution in [3.63, 3.8) is 0 Å². The van der Waals surface area contributed by atoms with Crippen LogP contribution in [0.5, 0.6) is 5.75 Å². The topological polar surface area (TPSA) is 38.1 Å². The standard InChI is InChI=1S/C22H18N2O/c1-16-9-8-12-18(15-16)21-22(25)20(17-10-4-2-5-11-17)23-24(21)19-13-6-3-7-14-19/h2-15,25H,1H3. The van der Waals surface area contributed by atoms with Gasteiger partial charge < -0.3 is 5.11 Å². The Hall–Kier alpha value is -3.33. The molecule has 0 saturated carbocycles. The molecule has 0 fully saturated rings. The summed E-state index contributed by atoms with van der Waals surface area (Å²) in [6.45, 7) is 2.04. The maximum Gasteiger partial charge on any atom is 0.170 e. The maximum absolute atomic E-state index is 11.0. The summed E-state index contributed by atoms with van der Waals surface area (Å²) in [4.78, 5) is 0. The van der Waals surface area contributed by atoms with Crippen molar-refractivity contribution in [3.8, 4) is 34.0 Å². The fourth-order valence-electron chi connectivity index (χ4n) is 3.01. The largest absolute Gasteiger partial charge is 0.504 e. The van der Waals surface area contributed by atoms with Crippen molar-refractivity contribution < 1.29 is 5.11 Å². The van der Waals surface area contributed by atoms with Crippen LogP contribution in [0, 0.1) is 6.92 Å². The predicted molar refractivity (Wildman–Crippen MR) is 101 cm³/mol. The zero-order chi connectivity index (χ0) is 17.2. The molecule has 122 valence electrons. The minimum absolute atomic E-state index is 0.195. The van der Waals surface area contributed by atoms with Crippen LogP contribution in [-0.2, 0) is 0 Å². The normalized spacial score (nSPS) is 10.8. The van der Waals surface area contributed by atoms with Gasteiger partial charge in [-0.25, -0.2) is 4.68 Å². The van der Waals surface area contributed by atoms with Crippen LogP contribution in [0.15, 0.2) is 84.9 Å². The highest BCUT2D eigenvalue weighted by atomic mass is 16.3. The lowest BCUT2D eigenvalue weighted by molar-refractivity contribution is 0.479. The number of aromatic nitrogens is 2. The number of rotatable bonds is 3. The predicted octanol–water partition coefficient (Wildman–Crippen LogP) is 5.22.